The molecule has 4 nitrogen and oxygen atoms in total. The van der Waals surface area contributed by atoms with Crippen LogP contribution in [0.3, 0.4) is 0 Å². The summed E-state index contributed by atoms with van der Waals surface area (Å²) in [5, 5.41) is 13.7. The molecule has 0 saturated heterocycles. The van der Waals surface area contributed by atoms with Gasteiger partial charge in [0.1, 0.15) is 5.75 Å². The molecule has 1 atom stereocenters. The molecule has 22 heavy (non-hydrogen) atoms. The number of hydrogen-bond donors (Lipinski definition) is 1. The molecule has 0 amide bonds. The van der Waals surface area contributed by atoms with Crippen molar-refractivity contribution in [2.75, 3.05) is 0 Å². The third-order valence-corrected chi connectivity index (χ3v) is 3.76. The number of phenolic OH excluding ortho intramolecular Hbond substituents is 1. The first-order valence-corrected chi connectivity index (χ1v) is 7.29. The van der Waals surface area contributed by atoms with Crippen LogP contribution in [0, 0.1) is 5.92 Å². The molecule has 0 saturated carbocycles. The van der Waals surface area contributed by atoms with E-state index in [4.69, 9.17) is 4.84 Å². The van der Waals surface area contributed by atoms with Crippen LogP contribution in [0.2, 0.25) is 0 Å². The second-order valence-corrected chi connectivity index (χ2v) is 5.64. The molecule has 0 spiro atoms. The molecule has 2 aromatic carbocycles. The monoisotopic (exact) mass is 295 g/mol. The summed E-state index contributed by atoms with van der Waals surface area (Å²) >= 11 is 0. The summed E-state index contributed by atoms with van der Waals surface area (Å²) in [4.78, 5) is 17.1. The molecule has 1 aliphatic carbocycles. The van der Waals surface area contributed by atoms with E-state index in [0.29, 0.717) is 11.5 Å². The Morgan fingerprint density at radius 3 is 2.73 bits per heavy atom. The molecule has 2 aromatic rings. The average molecular weight is 295 g/mol. The number of oxime groups is 1. The van der Waals surface area contributed by atoms with Crippen LogP contribution in [0.4, 0.5) is 0 Å². The molecule has 1 N–H and O–H groups in total. The maximum Gasteiger partial charge on any atom is 0.365 e. The lowest BCUT2D eigenvalue weighted by atomic mass is 9.83. The molecule has 1 aliphatic rings. The number of aromatic hydroxyl groups is 1. The summed E-state index contributed by atoms with van der Waals surface area (Å²) in [6.07, 6.45) is 1.63. The quantitative estimate of drug-likeness (QED) is 0.681. The predicted molar refractivity (Wildman–Crippen MR) is 84.0 cm³/mol. The topological polar surface area (TPSA) is 58.9 Å². The van der Waals surface area contributed by atoms with Crippen LogP contribution in [-0.2, 0) is 11.3 Å². The van der Waals surface area contributed by atoms with Gasteiger partial charge < -0.3 is 9.94 Å². The van der Waals surface area contributed by atoms with Gasteiger partial charge in [-0.05, 0) is 54.7 Å². The maximum atomic E-state index is 12.0. The van der Waals surface area contributed by atoms with Gasteiger partial charge in [-0.1, -0.05) is 30.3 Å². The van der Waals surface area contributed by atoms with E-state index in [2.05, 4.69) is 12.1 Å². The van der Waals surface area contributed by atoms with E-state index in [0.717, 1.165) is 29.7 Å². The third kappa shape index (κ3) is 3.01. The van der Waals surface area contributed by atoms with Gasteiger partial charge in [-0.3, -0.25) is 0 Å². The van der Waals surface area contributed by atoms with Crippen molar-refractivity contribution in [3.05, 3.63) is 65.2 Å². The third-order valence-electron chi connectivity index (χ3n) is 3.76. The molecule has 0 aromatic heterocycles. The molecule has 0 bridgehead atoms. The van der Waals surface area contributed by atoms with Crippen molar-refractivity contribution in [2.24, 2.45) is 11.1 Å². The van der Waals surface area contributed by atoms with Crippen LogP contribution in [0.25, 0.3) is 0 Å². The molecular weight excluding hydrogens is 278 g/mol. The standard InChI is InChI=1S/C18H17NO3/c1-12-9-14-11-15(20)7-8-16(14)17(10-12)19-22-18(21)13-5-3-2-4-6-13/h2-8,11-12,20H,9-10H2,1H3/b19-17-/t12-/m0/s1. The minimum Gasteiger partial charge on any atom is -0.508 e. The van der Waals surface area contributed by atoms with Gasteiger partial charge in [-0.15, -0.1) is 0 Å². The van der Waals surface area contributed by atoms with Crippen molar-refractivity contribution in [2.45, 2.75) is 19.8 Å². The number of phenols is 1. The SMILES string of the molecule is C[C@@H]1C/C(=N/OC(=O)c2ccccc2)c2ccc(O)cc2C1. The van der Waals surface area contributed by atoms with Gasteiger partial charge in [0.15, 0.2) is 0 Å². The van der Waals surface area contributed by atoms with E-state index in [1.165, 1.54) is 0 Å². The number of carbonyl (C=O) groups excluding carboxylic acids is 1. The summed E-state index contributed by atoms with van der Waals surface area (Å²) in [6, 6.07) is 14.0. The van der Waals surface area contributed by atoms with E-state index in [1.807, 2.05) is 12.1 Å². The molecular formula is C18H17NO3. The number of benzene rings is 2. The first kappa shape index (κ1) is 14.3. The summed E-state index contributed by atoms with van der Waals surface area (Å²) < 4.78 is 0. The second-order valence-electron chi connectivity index (χ2n) is 5.64. The lowest BCUT2D eigenvalue weighted by Gasteiger charge is -2.22. The Bertz CT molecular complexity index is 722. The number of fused-ring (bicyclic) bond motifs is 1. The van der Waals surface area contributed by atoms with Crippen molar-refractivity contribution >= 4 is 11.7 Å². The van der Waals surface area contributed by atoms with Crippen molar-refractivity contribution in [1.29, 1.82) is 0 Å². The number of hydrogen-bond acceptors (Lipinski definition) is 4. The predicted octanol–water partition coefficient (Wildman–Crippen LogP) is 3.54. The largest absolute Gasteiger partial charge is 0.508 e. The number of carbonyl (C=O) groups is 1. The molecule has 0 fully saturated rings. The molecule has 0 aliphatic heterocycles. The van der Waals surface area contributed by atoms with Crippen LogP contribution >= 0.6 is 0 Å². The lowest BCUT2D eigenvalue weighted by Crippen LogP contribution is -2.19. The highest BCUT2D eigenvalue weighted by Crippen LogP contribution is 2.28. The summed E-state index contributed by atoms with van der Waals surface area (Å²) in [5.74, 6) is 0.170. The van der Waals surface area contributed by atoms with Gasteiger partial charge in [0.05, 0.1) is 11.3 Å². The van der Waals surface area contributed by atoms with Crippen molar-refractivity contribution in [1.82, 2.24) is 0 Å². The van der Waals surface area contributed by atoms with Gasteiger partial charge in [0, 0.05) is 5.56 Å². The van der Waals surface area contributed by atoms with Crippen molar-refractivity contribution in [3.8, 4) is 5.75 Å². The fraction of sp³-hybridized carbons (Fsp3) is 0.222. The Morgan fingerprint density at radius 1 is 1.18 bits per heavy atom. The Labute approximate surface area is 129 Å². The molecule has 3 rings (SSSR count). The molecule has 0 radical (unpaired) electrons. The first-order valence-electron chi connectivity index (χ1n) is 7.29. The summed E-state index contributed by atoms with van der Waals surface area (Å²) in [7, 11) is 0. The fourth-order valence-electron chi connectivity index (χ4n) is 2.73. The van der Waals surface area contributed by atoms with E-state index >= 15 is 0 Å². The van der Waals surface area contributed by atoms with Crippen LogP contribution in [-0.4, -0.2) is 16.8 Å². The molecule has 0 heterocycles. The van der Waals surface area contributed by atoms with Gasteiger partial charge in [0.25, 0.3) is 0 Å². The normalized spacial score (nSPS) is 18.8. The Kier molecular flexibility index (Phi) is 3.92. The second kappa shape index (κ2) is 6.02. The van der Waals surface area contributed by atoms with Crippen molar-refractivity contribution < 1.29 is 14.7 Å². The number of rotatable bonds is 2. The van der Waals surface area contributed by atoms with Crippen LogP contribution in [0.15, 0.2) is 53.7 Å². The Morgan fingerprint density at radius 2 is 1.95 bits per heavy atom. The minimum atomic E-state index is -0.466. The zero-order chi connectivity index (χ0) is 15.5. The van der Waals surface area contributed by atoms with Gasteiger partial charge in [-0.25, -0.2) is 4.79 Å². The highest BCUT2D eigenvalue weighted by Gasteiger charge is 2.22. The fourth-order valence-corrected chi connectivity index (χ4v) is 2.73. The lowest BCUT2D eigenvalue weighted by molar-refractivity contribution is 0.0515. The van der Waals surface area contributed by atoms with Gasteiger partial charge >= 0.3 is 5.97 Å². The molecule has 112 valence electrons. The summed E-state index contributed by atoms with van der Waals surface area (Å²) in [5.41, 5.74) is 3.20. The highest BCUT2D eigenvalue weighted by molar-refractivity contribution is 6.03. The Hall–Kier alpha value is -2.62. The molecule has 0 unspecified atom stereocenters. The maximum absolute atomic E-state index is 12.0. The van der Waals surface area contributed by atoms with Gasteiger partial charge in [0.2, 0.25) is 0 Å². The van der Waals surface area contributed by atoms with Crippen LogP contribution in [0.1, 0.15) is 34.8 Å². The van der Waals surface area contributed by atoms with Gasteiger partial charge in [-0.2, -0.15) is 0 Å². The van der Waals surface area contributed by atoms with E-state index in [1.54, 1.807) is 36.4 Å². The van der Waals surface area contributed by atoms with E-state index < -0.39 is 5.97 Å². The summed E-state index contributed by atoms with van der Waals surface area (Å²) in [6.45, 7) is 2.11. The average Bonchev–Trinajstić information content (AvgIpc) is 2.52. The smallest absolute Gasteiger partial charge is 0.365 e. The van der Waals surface area contributed by atoms with E-state index in [-0.39, 0.29) is 5.75 Å². The minimum absolute atomic E-state index is 0.244. The van der Waals surface area contributed by atoms with Crippen LogP contribution < -0.4 is 0 Å². The number of nitrogens with zero attached hydrogens (tertiary/aromatic N) is 1. The highest BCUT2D eigenvalue weighted by atomic mass is 16.7. The Balaban J connectivity index is 1.84. The zero-order valence-corrected chi connectivity index (χ0v) is 12.3. The van der Waals surface area contributed by atoms with Crippen molar-refractivity contribution in [3.63, 3.8) is 0 Å². The van der Waals surface area contributed by atoms with E-state index in [9.17, 15) is 9.90 Å². The van der Waals surface area contributed by atoms with Crippen LogP contribution in [0.5, 0.6) is 5.75 Å². The zero-order valence-electron chi connectivity index (χ0n) is 12.3. The molecule has 4 heteroatoms. The first-order chi connectivity index (χ1) is 10.6.